The third-order valence-corrected chi connectivity index (χ3v) is 5.90. The van der Waals surface area contributed by atoms with Crippen LogP contribution in [-0.2, 0) is 27.1 Å². The van der Waals surface area contributed by atoms with E-state index >= 15 is 0 Å². The zero-order valence-electron chi connectivity index (χ0n) is 11.5. The highest BCUT2D eigenvalue weighted by molar-refractivity contribution is 7.90. The minimum absolute atomic E-state index is 0.231. The van der Waals surface area contributed by atoms with Crippen molar-refractivity contribution in [2.45, 2.75) is 16.2 Å². The molecule has 0 amide bonds. The fourth-order valence-electron chi connectivity index (χ4n) is 1.86. The second-order valence-electron chi connectivity index (χ2n) is 4.63. The number of halogens is 1. The molecule has 0 saturated heterocycles. The summed E-state index contributed by atoms with van der Waals surface area (Å²) in [6, 6.07) is 13.6. The van der Waals surface area contributed by atoms with Gasteiger partial charge in [0, 0.05) is 21.9 Å². The Morgan fingerprint density at radius 1 is 1.05 bits per heavy atom. The average molecular weight is 343 g/mol. The molecule has 0 spiro atoms. The molecule has 21 heavy (non-hydrogen) atoms. The quantitative estimate of drug-likeness (QED) is 0.839. The third kappa shape index (κ3) is 4.40. The van der Waals surface area contributed by atoms with Crippen LogP contribution in [0.5, 0.6) is 0 Å². The SMILES string of the molecule is CS(=O)(=O)c1ccc([S@@](=O)CCc2ccccc2Cl)cc1. The van der Waals surface area contributed by atoms with E-state index in [0.29, 0.717) is 22.1 Å². The van der Waals surface area contributed by atoms with Gasteiger partial charge in [0.05, 0.1) is 15.7 Å². The molecule has 0 N–H and O–H groups in total. The standard InChI is InChI=1S/C15H15ClO3S2/c1-21(18,19)14-8-6-13(7-9-14)20(17)11-10-12-4-2-3-5-15(12)16/h2-9H,10-11H2,1H3/t20-/m0/s1. The summed E-state index contributed by atoms with van der Waals surface area (Å²) >= 11 is 6.06. The van der Waals surface area contributed by atoms with Crippen molar-refractivity contribution in [2.24, 2.45) is 0 Å². The largest absolute Gasteiger partial charge is 0.254 e. The van der Waals surface area contributed by atoms with Crippen LogP contribution in [0.25, 0.3) is 0 Å². The summed E-state index contributed by atoms with van der Waals surface area (Å²) in [5.41, 5.74) is 0.959. The lowest BCUT2D eigenvalue weighted by atomic mass is 10.2. The highest BCUT2D eigenvalue weighted by Gasteiger charge is 2.10. The van der Waals surface area contributed by atoms with Crippen LogP contribution in [0.3, 0.4) is 0 Å². The molecule has 2 aromatic carbocycles. The van der Waals surface area contributed by atoms with Crippen LogP contribution in [0, 0.1) is 0 Å². The maximum atomic E-state index is 12.2. The number of hydrogen-bond donors (Lipinski definition) is 0. The number of aryl methyl sites for hydroxylation is 1. The van der Waals surface area contributed by atoms with Crippen LogP contribution in [0.1, 0.15) is 5.56 Å². The molecule has 0 aliphatic heterocycles. The third-order valence-electron chi connectivity index (χ3n) is 3.03. The number of hydrogen-bond acceptors (Lipinski definition) is 3. The number of rotatable bonds is 5. The molecule has 1 atom stereocenters. The van der Waals surface area contributed by atoms with Crippen LogP contribution in [0.2, 0.25) is 5.02 Å². The topological polar surface area (TPSA) is 51.2 Å². The summed E-state index contributed by atoms with van der Waals surface area (Å²) in [5, 5.41) is 0.668. The predicted molar refractivity (Wildman–Crippen MR) is 86.0 cm³/mol. The lowest BCUT2D eigenvalue weighted by Crippen LogP contribution is -2.03. The summed E-state index contributed by atoms with van der Waals surface area (Å²) in [6.45, 7) is 0. The molecule has 0 heterocycles. The van der Waals surface area contributed by atoms with Crippen molar-refractivity contribution < 1.29 is 12.6 Å². The fourth-order valence-corrected chi connectivity index (χ4v) is 3.80. The van der Waals surface area contributed by atoms with E-state index in [2.05, 4.69) is 0 Å². The van der Waals surface area contributed by atoms with Gasteiger partial charge in [-0.25, -0.2) is 8.42 Å². The molecule has 0 fully saturated rings. The van der Waals surface area contributed by atoms with Gasteiger partial charge in [0.2, 0.25) is 0 Å². The van der Waals surface area contributed by atoms with Crippen LogP contribution >= 0.6 is 11.6 Å². The Morgan fingerprint density at radius 2 is 1.67 bits per heavy atom. The fraction of sp³-hybridized carbons (Fsp3) is 0.200. The van der Waals surface area contributed by atoms with E-state index in [9.17, 15) is 12.6 Å². The summed E-state index contributed by atoms with van der Waals surface area (Å²) in [7, 11) is -4.40. The van der Waals surface area contributed by atoms with E-state index in [1.165, 1.54) is 12.1 Å². The number of sulfone groups is 1. The Labute approximate surface area is 132 Å². The maximum absolute atomic E-state index is 12.2. The zero-order valence-corrected chi connectivity index (χ0v) is 13.8. The Kier molecular flexibility index (Phi) is 5.19. The summed E-state index contributed by atoms with van der Waals surface area (Å²) in [5.74, 6) is 0.446. The second kappa shape index (κ2) is 6.73. The van der Waals surface area contributed by atoms with Crippen molar-refractivity contribution in [2.75, 3.05) is 12.0 Å². The van der Waals surface area contributed by atoms with Crippen LogP contribution in [0.4, 0.5) is 0 Å². The van der Waals surface area contributed by atoms with Crippen LogP contribution in [-0.4, -0.2) is 24.6 Å². The van der Waals surface area contributed by atoms with Crippen molar-refractivity contribution >= 4 is 32.2 Å². The van der Waals surface area contributed by atoms with Gasteiger partial charge in [-0.2, -0.15) is 0 Å². The molecule has 6 heteroatoms. The second-order valence-corrected chi connectivity index (χ2v) is 8.63. The highest BCUT2D eigenvalue weighted by atomic mass is 35.5. The first-order chi connectivity index (χ1) is 9.88. The Bertz CT molecular complexity index is 753. The highest BCUT2D eigenvalue weighted by Crippen LogP contribution is 2.18. The van der Waals surface area contributed by atoms with Gasteiger partial charge in [-0.05, 0) is 42.3 Å². The van der Waals surface area contributed by atoms with Gasteiger partial charge in [0.15, 0.2) is 9.84 Å². The van der Waals surface area contributed by atoms with E-state index in [0.717, 1.165) is 11.8 Å². The van der Waals surface area contributed by atoms with Gasteiger partial charge in [-0.1, -0.05) is 29.8 Å². The summed E-state index contributed by atoms with van der Waals surface area (Å²) in [6.07, 6.45) is 1.76. The van der Waals surface area contributed by atoms with Crippen molar-refractivity contribution in [3.05, 3.63) is 59.1 Å². The normalized spacial score (nSPS) is 13.0. The zero-order chi connectivity index (χ0) is 15.5. The molecule has 3 nitrogen and oxygen atoms in total. The lowest BCUT2D eigenvalue weighted by molar-refractivity contribution is 0.601. The van der Waals surface area contributed by atoms with Crippen molar-refractivity contribution in [3.8, 4) is 0 Å². The molecule has 2 rings (SSSR count). The Balaban J connectivity index is 2.06. The van der Waals surface area contributed by atoms with E-state index in [1.807, 2.05) is 18.2 Å². The van der Waals surface area contributed by atoms with E-state index < -0.39 is 20.6 Å². The summed E-state index contributed by atoms with van der Waals surface area (Å²) < 4.78 is 35.0. The van der Waals surface area contributed by atoms with Crippen LogP contribution < -0.4 is 0 Å². The number of benzene rings is 2. The first kappa shape index (κ1) is 16.2. The monoisotopic (exact) mass is 342 g/mol. The predicted octanol–water partition coefficient (Wildman–Crippen LogP) is 3.09. The van der Waals surface area contributed by atoms with Crippen molar-refractivity contribution in [1.29, 1.82) is 0 Å². The van der Waals surface area contributed by atoms with E-state index in [4.69, 9.17) is 11.6 Å². The molecule has 0 aromatic heterocycles. The Hall–Kier alpha value is -1.17. The van der Waals surface area contributed by atoms with E-state index in [1.54, 1.807) is 18.2 Å². The Morgan fingerprint density at radius 3 is 2.24 bits per heavy atom. The van der Waals surface area contributed by atoms with Gasteiger partial charge in [-0.3, -0.25) is 4.21 Å². The minimum atomic E-state index is -3.22. The smallest absolute Gasteiger partial charge is 0.175 e. The molecule has 0 aliphatic rings. The van der Waals surface area contributed by atoms with Gasteiger partial charge in [0.1, 0.15) is 0 Å². The molecule has 0 radical (unpaired) electrons. The molecular formula is C15H15ClO3S2. The molecule has 0 bridgehead atoms. The molecule has 0 saturated carbocycles. The minimum Gasteiger partial charge on any atom is -0.254 e. The average Bonchev–Trinajstić information content (AvgIpc) is 2.45. The first-order valence-electron chi connectivity index (χ1n) is 6.30. The van der Waals surface area contributed by atoms with Gasteiger partial charge in [-0.15, -0.1) is 0 Å². The first-order valence-corrected chi connectivity index (χ1v) is 9.88. The molecule has 2 aromatic rings. The van der Waals surface area contributed by atoms with Crippen molar-refractivity contribution in [1.82, 2.24) is 0 Å². The van der Waals surface area contributed by atoms with Gasteiger partial charge >= 0.3 is 0 Å². The van der Waals surface area contributed by atoms with Gasteiger partial charge in [0.25, 0.3) is 0 Å². The van der Waals surface area contributed by atoms with Crippen LogP contribution in [0.15, 0.2) is 58.3 Å². The molecule has 0 unspecified atom stereocenters. The lowest BCUT2D eigenvalue weighted by Gasteiger charge is -2.05. The van der Waals surface area contributed by atoms with E-state index in [-0.39, 0.29) is 4.90 Å². The van der Waals surface area contributed by atoms with Gasteiger partial charge < -0.3 is 0 Å². The van der Waals surface area contributed by atoms with Crippen molar-refractivity contribution in [3.63, 3.8) is 0 Å². The molecule has 112 valence electrons. The summed E-state index contributed by atoms with van der Waals surface area (Å²) in [4.78, 5) is 0.851. The maximum Gasteiger partial charge on any atom is 0.175 e. The molecule has 0 aliphatic carbocycles. The molecular weight excluding hydrogens is 328 g/mol.